The average molecular weight is 439 g/mol. The average Bonchev–Trinajstić information content (AvgIpc) is 2.68. The molecule has 2 aliphatic rings. The molecule has 1 aromatic carbocycles. The van der Waals surface area contributed by atoms with Crippen LogP contribution in [0.1, 0.15) is 46.1 Å². The zero-order valence-corrected chi connectivity index (χ0v) is 19.3. The van der Waals surface area contributed by atoms with E-state index in [1.165, 1.54) is 5.56 Å². The smallest absolute Gasteiger partial charge is 0.410 e. The van der Waals surface area contributed by atoms with Gasteiger partial charge in [-0.1, -0.05) is 23.7 Å². The van der Waals surface area contributed by atoms with Gasteiger partial charge in [-0.25, -0.2) is 4.79 Å². The number of aliphatic hydroxyl groups is 1. The van der Waals surface area contributed by atoms with Crippen molar-refractivity contribution < 1.29 is 19.4 Å². The van der Waals surface area contributed by atoms with Crippen molar-refractivity contribution in [2.24, 2.45) is 0 Å². The largest absolute Gasteiger partial charge is 0.444 e. The minimum absolute atomic E-state index is 0.185. The number of nitrogens with zero attached hydrogens (tertiary/aromatic N) is 2. The van der Waals surface area contributed by atoms with Crippen LogP contribution in [0, 0.1) is 0 Å². The molecule has 3 rings (SSSR count). The maximum atomic E-state index is 12.4. The molecule has 0 radical (unpaired) electrons. The van der Waals surface area contributed by atoms with Crippen molar-refractivity contribution in [3.63, 3.8) is 0 Å². The van der Waals surface area contributed by atoms with E-state index >= 15 is 0 Å². The highest BCUT2D eigenvalue weighted by atomic mass is 35.5. The van der Waals surface area contributed by atoms with Crippen molar-refractivity contribution >= 4 is 17.7 Å². The highest BCUT2D eigenvalue weighted by Gasteiger charge is 2.37. The maximum absolute atomic E-state index is 12.4. The quantitative estimate of drug-likeness (QED) is 0.776. The molecule has 0 bridgehead atoms. The summed E-state index contributed by atoms with van der Waals surface area (Å²) < 4.78 is 11.5. The number of amides is 1. The van der Waals surface area contributed by atoms with Gasteiger partial charge in [-0.05, 0) is 64.7 Å². The summed E-state index contributed by atoms with van der Waals surface area (Å²) in [6.07, 6.45) is 1.73. The summed E-state index contributed by atoms with van der Waals surface area (Å²) in [5.74, 6) is 0. The van der Waals surface area contributed by atoms with E-state index in [4.69, 9.17) is 21.1 Å². The lowest BCUT2D eigenvalue weighted by Crippen LogP contribution is -2.59. The van der Waals surface area contributed by atoms with Crippen LogP contribution in [0.15, 0.2) is 24.3 Å². The summed E-state index contributed by atoms with van der Waals surface area (Å²) in [4.78, 5) is 16.7. The van der Waals surface area contributed by atoms with Crippen LogP contribution in [-0.4, -0.2) is 77.1 Å². The Morgan fingerprint density at radius 3 is 2.47 bits per heavy atom. The Kier molecular flexibility index (Phi) is 7.66. The Bertz CT molecular complexity index is 696. The van der Waals surface area contributed by atoms with Crippen LogP contribution >= 0.6 is 11.6 Å². The number of carbonyl (C=O) groups is 1. The Morgan fingerprint density at radius 2 is 1.90 bits per heavy atom. The van der Waals surface area contributed by atoms with E-state index < -0.39 is 11.7 Å². The number of benzene rings is 1. The molecule has 1 aromatic rings. The fourth-order valence-corrected chi connectivity index (χ4v) is 4.38. The van der Waals surface area contributed by atoms with E-state index in [9.17, 15) is 9.90 Å². The summed E-state index contributed by atoms with van der Waals surface area (Å²) in [6.45, 7) is 10.1. The fourth-order valence-electron chi connectivity index (χ4n) is 4.25. The first-order valence-electron chi connectivity index (χ1n) is 10.9. The lowest BCUT2D eigenvalue weighted by Gasteiger charge is -2.47. The van der Waals surface area contributed by atoms with Gasteiger partial charge < -0.3 is 19.5 Å². The minimum atomic E-state index is -0.508. The SMILES string of the molecule is CC(O)[C@H]1CN(C2CCN(C(=O)OC(C)(C)C)CC2)[C@@H](Cc2ccc(Cl)cc2)CO1. The molecule has 0 saturated carbocycles. The summed E-state index contributed by atoms with van der Waals surface area (Å²) in [5.41, 5.74) is 0.742. The molecule has 2 fully saturated rings. The van der Waals surface area contributed by atoms with E-state index in [0.29, 0.717) is 32.3 Å². The monoisotopic (exact) mass is 438 g/mol. The van der Waals surface area contributed by atoms with Gasteiger partial charge in [0.2, 0.25) is 0 Å². The van der Waals surface area contributed by atoms with Gasteiger partial charge in [0.25, 0.3) is 0 Å². The number of hydrogen-bond donors (Lipinski definition) is 1. The first-order valence-corrected chi connectivity index (χ1v) is 11.3. The summed E-state index contributed by atoms with van der Waals surface area (Å²) in [5, 5.41) is 10.8. The third-order valence-electron chi connectivity index (χ3n) is 5.87. The molecule has 6 nitrogen and oxygen atoms in total. The molecule has 2 aliphatic heterocycles. The predicted molar refractivity (Wildman–Crippen MR) is 118 cm³/mol. The van der Waals surface area contributed by atoms with Crippen molar-refractivity contribution in [1.29, 1.82) is 0 Å². The van der Waals surface area contributed by atoms with Crippen molar-refractivity contribution in [1.82, 2.24) is 9.80 Å². The van der Waals surface area contributed by atoms with E-state index in [2.05, 4.69) is 17.0 Å². The second-order valence-electron chi connectivity index (χ2n) is 9.49. The van der Waals surface area contributed by atoms with Crippen LogP contribution in [0.3, 0.4) is 0 Å². The lowest BCUT2D eigenvalue weighted by molar-refractivity contribution is -0.122. The van der Waals surface area contributed by atoms with Crippen molar-refractivity contribution in [3.05, 3.63) is 34.9 Å². The number of carbonyl (C=O) groups excluding carboxylic acids is 1. The number of hydrogen-bond acceptors (Lipinski definition) is 5. The molecular formula is C23H35ClN2O4. The van der Waals surface area contributed by atoms with Crippen molar-refractivity contribution in [2.45, 2.75) is 76.9 Å². The standard InChI is InChI=1S/C23H35ClN2O4/c1-16(27)21-14-26(20(15-29-21)13-17-5-7-18(24)8-6-17)19-9-11-25(12-10-19)22(28)30-23(2,3)4/h5-8,16,19-21,27H,9-15H2,1-4H3/t16?,20-,21+/m0/s1. The van der Waals surface area contributed by atoms with Crippen molar-refractivity contribution in [3.8, 4) is 0 Å². The van der Waals surface area contributed by atoms with E-state index in [1.807, 2.05) is 37.8 Å². The normalized spacial score (nSPS) is 25.2. The van der Waals surface area contributed by atoms with Crippen LogP contribution in [-0.2, 0) is 15.9 Å². The second kappa shape index (κ2) is 9.86. The van der Waals surface area contributed by atoms with Gasteiger partial charge in [0.1, 0.15) is 5.60 Å². The van der Waals surface area contributed by atoms with Gasteiger partial charge in [-0.2, -0.15) is 0 Å². The zero-order chi connectivity index (χ0) is 21.9. The number of morpholine rings is 1. The molecule has 0 aliphatic carbocycles. The number of aliphatic hydroxyl groups excluding tert-OH is 1. The maximum Gasteiger partial charge on any atom is 0.410 e. The first-order chi connectivity index (χ1) is 14.1. The molecule has 0 spiro atoms. The second-order valence-corrected chi connectivity index (χ2v) is 9.93. The van der Waals surface area contributed by atoms with E-state index in [0.717, 1.165) is 24.3 Å². The summed E-state index contributed by atoms with van der Waals surface area (Å²) in [6, 6.07) is 8.55. The number of likely N-dealkylation sites (tertiary alicyclic amines) is 1. The van der Waals surface area contributed by atoms with Crippen LogP contribution in [0.2, 0.25) is 5.02 Å². The van der Waals surface area contributed by atoms with Gasteiger partial charge in [0, 0.05) is 36.7 Å². The molecular weight excluding hydrogens is 404 g/mol. The Morgan fingerprint density at radius 1 is 1.27 bits per heavy atom. The Labute approximate surface area is 185 Å². The van der Waals surface area contributed by atoms with Crippen LogP contribution in [0.5, 0.6) is 0 Å². The van der Waals surface area contributed by atoms with Crippen LogP contribution in [0.4, 0.5) is 4.79 Å². The highest BCUT2D eigenvalue weighted by molar-refractivity contribution is 6.30. The number of rotatable bonds is 4. The van der Waals surface area contributed by atoms with Gasteiger partial charge in [-0.3, -0.25) is 4.90 Å². The third kappa shape index (κ3) is 6.33. The molecule has 1 N–H and O–H groups in total. The molecule has 7 heteroatoms. The van der Waals surface area contributed by atoms with Gasteiger partial charge in [0.15, 0.2) is 0 Å². The highest BCUT2D eigenvalue weighted by Crippen LogP contribution is 2.27. The van der Waals surface area contributed by atoms with Crippen molar-refractivity contribution in [2.75, 3.05) is 26.2 Å². The first kappa shape index (κ1) is 23.3. The molecule has 168 valence electrons. The molecule has 1 unspecified atom stereocenters. The summed E-state index contributed by atoms with van der Waals surface area (Å²) >= 11 is 6.03. The number of piperidine rings is 1. The number of ether oxygens (including phenoxy) is 2. The van der Waals surface area contributed by atoms with Gasteiger partial charge in [-0.15, -0.1) is 0 Å². The molecule has 30 heavy (non-hydrogen) atoms. The molecule has 3 atom stereocenters. The molecule has 1 amide bonds. The van der Waals surface area contributed by atoms with Crippen LogP contribution in [0.25, 0.3) is 0 Å². The molecule has 2 heterocycles. The fraction of sp³-hybridized carbons (Fsp3) is 0.696. The molecule has 0 aromatic heterocycles. The van der Waals surface area contributed by atoms with Crippen LogP contribution < -0.4 is 0 Å². The minimum Gasteiger partial charge on any atom is -0.444 e. The summed E-state index contributed by atoms with van der Waals surface area (Å²) in [7, 11) is 0. The Hall–Kier alpha value is -1.34. The van der Waals surface area contributed by atoms with E-state index in [-0.39, 0.29) is 18.2 Å². The number of halogens is 1. The predicted octanol–water partition coefficient (Wildman–Crippen LogP) is 3.73. The topological polar surface area (TPSA) is 62.2 Å². The van der Waals surface area contributed by atoms with E-state index in [1.54, 1.807) is 6.92 Å². The Balaban J connectivity index is 1.65. The zero-order valence-electron chi connectivity index (χ0n) is 18.5. The third-order valence-corrected chi connectivity index (χ3v) is 6.12. The van der Waals surface area contributed by atoms with Gasteiger partial charge in [0.05, 0.1) is 18.8 Å². The lowest BCUT2D eigenvalue weighted by atomic mass is 9.95. The van der Waals surface area contributed by atoms with Gasteiger partial charge >= 0.3 is 6.09 Å². The molecule has 2 saturated heterocycles.